The Hall–Kier alpha value is -2.21. The third-order valence-corrected chi connectivity index (χ3v) is 3.32. The number of methoxy groups -OCH3 is 1. The van der Waals surface area contributed by atoms with E-state index in [4.69, 9.17) is 10.00 Å². The molecular weight excluding hydrogens is 236 g/mol. The van der Waals surface area contributed by atoms with Crippen LogP contribution in [0.25, 0.3) is 11.3 Å². The van der Waals surface area contributed by atoms with Gasteiger partial charge in [-0.3, -0.25) is 0 Å². The minimum Gasteiger partial charge on any atom is -0.496 e. The van der Waals surface area contributed by atoms with Gasteiger partial charge < -0.3 is 9.72 Å². The first kappa shape index (κ1) is 13.2. The summed E-state index contributed by atoms with van der Waals surface area (Å²) in [5.74, 6) is 1.29. The first-order chi connectivity index (χ1) is 9.06. The van der Waals surface area contributed by atoms with Crippen LogP contribution < -0.4 is 4.74 Å². The van der Waals surface area contributed by atoms with Crippen molar-refractivity contribution in [1.29, 1.82) is 5.26 Å². The van der Waals surface area contributed by atoms with Gasteiger partial charge >= 0.3 is 0 Å². The van der Waals surface area contributed by atoms with Gasteiger partial charge in [-0.15, -0.1) is 0 Å². The summed E-state index contributed by atoms with van der Waals surface area (Å²) in [5.41, 5.74) is 4.69. The number of hydrogen-bond acceptors (Lipinski definition) is 2. The summed E-state index contributed by atoms with van der Waals surface area (Å²) in [5, 5.41) is 9.02. The van der Waals surface area contributed by atoms with Crippen LogP contribution >= 0.6 is 0 Å². The zero-order valence-corrected chi connectivity index (χ0v) is 11.7. The number of aryl methyl sites for hydroxylation is 1. The van der Waals surface area contributed by atoms with E-state index < -0.39 is 0 Å². The van der Waals surface area contributed by atoms with Crippen LogP contribution in [0.5, 0.6) is 5.75 Å². The summed E-state index contributed by atoms with van der Waals surface area (Å²) >= 11 is 0. The van der Waals surface area contributed by atoms with Gasteiger partial charge in [-0.25, -0.2) is 0 Å². The topological polar surface area (TPSA) is 48.8 Å². The molecule has 0 aliphatic heterocycles. The van der Waals surface area contributed by atoms with Gasteiger partial charge in [0.2, 0.25) is 0 Å². The lowest BCUT2D eigenvalue weighted by molar-refractivity contribution is 0.415. The van der Waals surface area contributed by atoms with Crippen molar-refractivity contribution in [3.05, 3.63) is 41.1 Å². The smallest absolute Gasteiger partial charge is 0.128 e. The molecule has 1 N–H and O–H groups in total. The van der Waals surface area contributed by atoms with E-state index in [1.807, 2.05) is 19.1 Å². The van der Waals surface area contributed by atoms with E-state index in [1.54, 1.807) is 7.11 Å². The molecule has 0 unspecified atom stereocenters. The highest BCUT2D eigenvalue weighted by atomic mass is 16.5. The molecule has 3 nitrogen and oxygen atoms in total. The van der Waals surface area contributed by atoms with Gasteiger partial charge in [0.1, 0.15) is 11.8 Å². The molecule has 2 rings (SSSR count). The standard InChI is InChI=1S/C16H18N2O/c1-10(2)12-5-6-14(16(8-12)19-4)15-7-13(9-17)11(3)18-15/h5-8,10,18H,1-4H3. The van der Waals surface area contributed by atoms with Crippen molar-refractivity contribution in [1.82, 2.24) is 4.98 Å². The lowest BCUT2D eigenvalue weighted by Crippen LogP contribution is -1.93. The normalized spacial score (nSPS) is 10.5. The Balaban J connectivity index is 2.52. The SMILES string of the molecule is COc1cc(C(C)C)ccc1-c1cc(C#N)c(C)[nH]1. The van der Waals surface area contributed by atoms with E-state index in [-0.39, 0.29) is 0 Å². The molecule has 0 radical (unpaired) electrons. The molecule has 0 atom stereocenters. The Bertz CT molecular complexity index is 633. The van der Waals surface area contributed by atoms with E-state index in [9.17, 15) is 0 Å². The van der Waals surface area contributed by atoms with Gasteiger partial charge in [0.05, 0.1) is 18.4 Å². The van der Waals surface area contributed by atoms with Gasteiger partial charge in [0.15, 0.2) is 0 Å². The highest BCUT2D eigenvalue weighted by molar-refractivity contribution is 5.70. The first-order valence-corrected chi connectivity index (χ1v) is 6.34. The fraction of sp³-hybridized carbons (Fsp3) is 0.312. The van der Waals surface area contributed by atoms with Crippen LogP contribution in [-0.4, -0.2) is 12.1 Å². The molecule has 1 heterocycles. The summed E-state index contributed by atoms with van der Waals surface area (Å²) in [6.45, 7) is 6.21. The van der Waals surface area contributed by atoms with Crippen molar-refractivity contribution >= 4 is 0 Å². The van der Waals surface area contributed by atoms with E-state index in [0.29, 0.717) is 11.5 Å². The average Bonchev–Trinajstić information content (AvgIpc) is 2.78. The summed E-state index contributed by atoms with van der Waals surface area (Å²) in [7, 11) is 1.67. The summed E-state index contributed by atoms with van der Waals surface area (Å²) in [4.78, 5) is 3.23. The minimum absolute atomic E-state index is 0.461. The number of nitriles is 1. The van der Waals surface area contributed by atoms with Crippen LogP contribution in [0.2, 0.25) is 0 Å². The maximum absolute atomic E-state index is 9.02. The Morgan fingerprint density at radius 2 is 2.00 bits per heavy atom. The van der Waals surface area contributed by atoms with Crippen molar-refractivity contribution in [2.45, 2.75) is 26.7 Å². The van der Waals surface area contributed by atoms with E-state index >= 15 is 0 Å². The van der Waals surface area contributed by atoms with Crippen LogP contribution in [0.1, 0.15) is 36.6 Å². The number of nitrogens with one attached hydrogen (secondary N) is 1. The fourth-order valence-corrected chi connectivity index (χ4v) is 2.11. The van der Waals surface area contributed by atoms with Crippen LogP contribution in [0.15, 0.2) is 24.3 Å². The second-order valence-electron chi connectivity index (χ2n) is 4.95. The van der Waals surface area contributed by atoms with Crippen LogP contribution in [0.4, 0.5) is 0 Å². The van der Waals surface area contributed by atoms with Gasteiger partial charge in [0, 0.05) is 11.3 Å². The fourth-order valence-electron chi connectivity index (χ4n) is 2.11. The molecule has 1 aromatic carbocycles. The van der Waals surface area contributed by atoms with E-state index in [2.05, 4.69) is 37.0 Å². The largest absolute Gasteiger partial charge is 0.496 e. The van der Waals surface area contributed by atoms with Gasteiger partial charge in [-0.1, -0.05) is 19.9 Å². The molecule has 2 aromatic rings. The lowest BCUT2D eigenvalue weighted by Gasteiger charge is -2.11. The maximum Gasteiger partial charge on any atom is 0.128 e. The molecule has 98 valence electrons. The Labute approximate surface area is 113 Å². The zero-order chi connectivity index (χ0) is 14.0. The molecule has 19 heavy (non-hydrogen) atoms. The van der Waals surface area contributed by atoms with E-state index in [0.717, 1.165) is 22.7 Å². The molecule has 0 spiro atoms. The number of ether oxygens (including phenoxy) is 1. The summed E-state index contributed by atoms with van der Waals surface area (Å²) < 4.78 is 5.47. The van der Waals surface area contributed by atoms with Crippen molar-refractivity contribution in [2.75, 3.05) is 7.11 Å². The molecule has 0 aliphatic carbocycles. The van der Waals surface area contributed by atoms with Gasteiger partial charge in [-0.2, -0.15) is 5.26 Å². The van der Waals surface area contributed by atoms with E-state index in [1.165, 1.54) is 5.56 Å². The third kappa shape index (κ3) is 2.48. The third-order valence-electron chi connectivity index (χ3n) is 3.32. The second kappa shape index (κ2) is 5.19. The molecular formula is C16H18N2O. The molecule has 0 fully saturated rings. The van der Waals surface area contributed by atoms with Crippen molar-refractivity contribution in [3.63, 3.8) is 0 Å². The second-order valence-corrected chi connectivity index (χ2v) is 4.95. The van der Waals surface area contributed by atoms with Crippen LogP contribution in [0, 0.1) is 18.3 Å². The Morgan fingerprint density at radius 3 is 2.53 bits per heavy atom. The lowest BCUT2D eigenvalue weighted by atomic mass is 10.00. The molecule has 0 saturated carbocycles. The number of rotatable bonds is 3. The summed E-state index contributed by atoms with van der Waals surface area (Å²) in [6, 6.07) is 10.2. The zero-order valence-electron chi connectivity index (χ0n) is 11.7. The number of H-pyrrole nitrogens is 1. The quantitative estimate of drug-likeness (QED) is 0.900. The Kier molecular flexibility index (Phi) is 3.62. The summed E-state index contributed by atoms with van der Waals surface area (Å²) in [6.07, 6.45) is 0. The molecule has 0 aliphatic rings. The molecule has 3 heteroatoms. The van der Waals surface area contributed by atoms with Crippen molar-refractivity contribution in [2.24, 2.45) is 0 Å². The maximum atomic E-state index is 9.02. The number of hydrogen-bond donors (Lipinski definition) is 1. The number of nitrogens with zero attached hydrogens (tertiary/aromatic N) is 1. The van der Waals surface area contributed by atoms with Crippen molar-refractivity contribution < 1.29 is 4.74 Å². The molecule has 1 aromatic heterocycles. The minimum atomic E-state index is 0.461. The number of benzene rings is 1. The average molecular weight is 254 g/mol. The first-order valence-electron chi connectivity index (χ1n) is 6.34. The Morgan fingerprint density at radius 1 is 1.26 bits per heavy atom. The monoisotopic (exact) mass is 254 g/mol. The predicted octanol–water partition coefficient (Wildman–Crippen LogP) is 3.99. The van der Waals surface area contributed by atoms with Gasteiger partial charge in [0.25, 0.3) is 0 Å². The van der Waals surface area contributed by atoms with Crippen molar-refractivity contribution in [3.8, 4) is 23.1 Å². The molecule has 0 bridgehead atoms. The predicted molar refractivity (Wildman–Crippen MR) is 76.3 cm³/mol. The molecule has 0 amide bonds. The number of aromatic nitrogens is 1. The van der Waals surface area contributed by atoms with Gasteiger partial charge in [-0.05, 0) is 36.6 Å². The highest BCUT2D eigenvalue weighted by Crippen LogP contribution is 2.33. The number of aromatic amines is 1. The van der Waals surface area contributed by atoms with Crippen LogP contribution in [0.3, 0.4) is 0 Å². The molecule has 0 saturated heterocycles. The van der Waals surface area contributed by atoms with Crippen LogP contribution in [-0.2, 0) is 0 Å². The highest BCUT2D eigenvalue weighted by Gasteiger charge is 2.12.